The highest BCUT2D eigenvalue weighted by Crippen LogP contribution is 2.30. The van der Waals surface area contributed by atoms with E-state index in [2.05, 4.69) is 13.8 Å². The molecule has 0 spiro atoms. The van der Waals surface area contributed by atoms with Crippen molar-refractivity contribution < 1.29 is 4.87 Å². The van der Waals surface area contributed by atoms with Crippen LogP contribution in [0.2, 0.25) is 0 Å². The molecule has 0 aromatic rings. The Bertz CT molecular complexity index is 296. The van der Waals surface area contributed by atoms with Crippen molar-refractivity contribution in [1.82, 2.24) is 5.17 Å². The molecule has 2 aliphatic carbocycles. The fourth-order valence-corrected chi connectivity index (χ4v) is 3.53. The number of hydrazine groups is 1. The average Bonchev–Trinajstić information content (AvgIpc) is 2.37. The summed E-state index contributed by atoms with van der Waals surface area (Å²) >= 11 is 0. The maximum atomic E-state index is 12.2. The Labute approximate surface area is 110 Å². The van der Waals surface area contributed by atoms with Crippen LogP contribution in [0.5, 0.6) is 0 Å². The molecule has 0 bridgehead atoms. The molecule has 0 aromatic heterocycles. The van der Waals surface area contributed by atoms with Gasteiger partial charge in [0.15, 0.2) is 0 Å². The fourth-order valence-electron chi connectivity index (χ4n) is 3.53. The van der Waals surface area contributed by atoms with Crippen molar-refractivity contribution in [1.29, 1.82) is 0 Å². The van der Waals surface area contributed by atoms with E-state index < -0.39 is 0 Å². The van der Waals surface area contributed by atoms with Crippen LogP contribution >= 0.6 is 0 Å². The largest absolute Gasteiger partial charge is 0.704 e. The van der Waals surface area contributed by atoms with E-state index in [-0.39, 0.29) is 12.1 Å². The normalized spacial score (nSPS) is 37.3. The summed E-state index contributed by atoms with van der Waals surface area (Å²) in [5.41, 5.74) is 0. The summed E-state index contributed by atoms with van der Waals surface area (Å²) in [4.78, 5) is 12.9. The lowest BCUT2D eigenvalue weighted by Gasteiger charge is -2.36. The van der Waals surface area contributed by atoms with Gasteiger partial charge in [0, 0.05) is 12.8 Å². The first-order chi connectivity index (χ1) is 8.58. The van der Waals surface area contributed by atoms with E-state index >= 15 is 0 Å². The van der Waals surface area contributed by atoms with Crippen LogP contribution in [0.15, 0.2) is 0 Å². The van der Waals surface area contributed by atoms with E-state index in [0.717, 1.165) is 48.6 Å². The first-order valence-electron chi connectivity index (χ1n) is 7.50. The highest BCUT2D eigenvalue weighted by atomic mass is 16.6. The predicted molar refractivity (Wildman–Crippen MR) is 71.7 cm³/mol. The second-order valence-electron chi connectivity index (χ2n) is 6.46. The van der Waals surface area contributed by atoms with Crippen molar-refractivity contribution in [2.24, 2.45) is 11.8 Å². The summed E-state index contributed by atoms with van der Waals surface area (Å²) in [6, 6.07) is -0.160. The van der Waals surface area contributed by atoms with Gasteiger partial charge in [-0.25, -0.2) is 0 Å². The van der Waals surface area contributed by atoms with Crippen LogP contribution in [-0.2, 0) is 0 Å². The molecule has 0 heterocycles. The van der Waals surface area contributed by atoms with Gasteiger partial charge in [-0.1, -0.05) is 33.1 Å². The number of hydroxylamine groups is 1. The molecule has 4 nitrogen and oxygen atoms in total. The van der Waals surface area contributed by atoms with E-state index in [0.29, 0.717) is 11.8 Å². The van der Waals surface area contributed by atoms with Gasteiger partial charge in [-0.3, -0.25) is 0 Å². The van der Waals surface area contributed by atoms with Crippen molar-refractivity contribution in [3.8, 4) is 0 Å². The lowest BCUT2D eigenvalue weighted by molar-refractivity contribution is -0.732. The Kier molecular flexibility index (Phi) is 4.60. The predicted octanol–water partition coefficient (Wildman–Crippen LogP) is 3.64. The third kappa shape index (κ3) is 3.22. The summed E-state index contributed by atoms with van der Waals surface area (Å²) in [7, 11) is 0. The van der Waals surface area contributed by atoms with Crippen LogP contribution in [0.4, 0.5) is 0 Å². The van der Waals surface area contributed by atoms with Gasteiger partial charge in [0.25, 0.3) is 0 Å². The zero-order valence-electron chi connectivity index (χ0n) is 11.7. The molecule has 2 saturated carbocycles. The first kappa shape index (κ1) is 13.8. The lowest BCUT2D eigenvalue weighted by Crippen LogP contribution is -2.45. The number of hydrogen-bond acceptors (Lipinski definition) is 2. The quantitative estimate of drug-likeness (QED) is 0.570. The van der Waals surface area contributed by atoms with Crippen LogP contribution in [0, 0.1) is 22.0 Å². The third-order valence-corrected chi connectivity index (χ3v) is 4.64. The van der Waals surface area contributed by atoms with E-state index in [1.54, 1.807) is 0 Å². The molecule has 0 aliphatic heterocycles. The van der Waals surface area contributed by atoms with Crippen molar-refractivity contribution in [2.45, 2.75) is 77.3 Å². The lowest BCUT2D eigenvalue weighted by atomic mass is 9.86. The van der Waals surface area contributed by atoms with Gasteiger partial charge in [-0.05, 0) is 31.1 Å². The van der Waals surface area contributed by atoms with Gasteiger partial charge >= 0.3 is 0 Å². The van der Waals surface area contributed by atoms with Crippen molar-refractivity contribution in [3.05, 3.63) is 10.1 Å². The maximum Gasteiger partial charge on any atom is 0.234 e. The van der Waals surface area contributed by atoms with Gasteiger partial charge in [-0.2, -0.15) is 5.17 Å². The first-order valence-corrected chi connectivity index (χ1v) is 7.50. The summed E-state index contributed by atoms with van der Waals surface area (Å²) in [6.07, 6.45) is 8.09. The zero-order valence-corrected chi connectivity index (χ0v) is 11.7. The van der Waals surface area contributed by atoms with Gasteiger partial charge in [0.1, 0.15) is 4.87 Å². The average molecular weight is 254 g/mol. The molecular weight excluding hydrogens is 228 g/mol. The number of nitrogens with zero attached hydrogens (tertiary/aromatic N) is 2. The van der Waals surface area contributed by atoms with Crippen molar-refractivity contribution in [3.63, 3.8) is 0 Å². The standard InChI is InChI=1S/C14H26N2O2/c1-11-5-3-7-13(9-11)15(17)16(18)14-8-4-6-12(2)10-14/h11-14H,3-10H2,1-2H3. The molecule has 2 aliphatic rings. The fraction of sp³-hybridized carbons (Fsp3) is 1.00. The van der Waals surface area contributed by atoms with Crippen LogP contribution in [-0.4, -0.2) is 22.1 Å². The highest BCUT2D eigenvalue weighted by molar-refractivity contribution is 4.76. The van der Waals surface area contributed by atoms with Gasteiger partial charge in [-0.15, -0.1) is 0 Å². The van der Waals surface area contributed by atoms with E-state index in [1.165, 1.54) is 12.8 Å². The highest BCUT2D eigenvalue weighted by Gasteiger charge is 2.35. The molecule has 2 rings (SSSR count). The Morgan fingerprint density at radius 3 is 2.22 bits per heavy atom. The molecule has 18 heavy (non-hydrogen) atoms. The second kappa shape index (κ2) is 6.00. The summed E-state index contributed by atoms with van der Waals surface area (Å²) in [5, 5.41) is 12.9. The molecule has 2 fully saturated rings. The molecule has 0 radical (unpaired) electrons. The van der Waals surface area contributed by atoms with E-state index in [9.17, 15) is 10.1 Å². The van der Waals surface area contributed by atoms with Crippen LogP contribution in [0.1, 0.15) is 65.2 Å². The SMILES string of the molecule is CC1CCCC(N([O-])[N+](=O)C2CCCC(C)C2)C1. The Balaban J connectivity index is 1.91. The van der Waals surface area contributed by atoms with Crippen LogP contribution in [0.3, 0.4) is 0 Å². The molecule has 0 amide bonds. The third-order valence-electron chi connectivity index (χ3n) is 4.64. The number of nitroso groups, excluding NO2 is 1. The van der Waals surface area contributed by atoms with Crippen LogP contribution in [0.25, 0.3) is 0 Å². The van der Waals surface area contributed by atoms with E-state index in [4.69, 9.17) is 0 Å². The topological polar surface area (TPSA) is 46.4 Å². The number of rotatable bonds is 3. The summed E-state index contributed by atoms with van der Waals surface area (Å²) < 4.78 is 0. The Hall–Kier alpha value is -0.640. The van der Waals surface area contributed by atoms with E-state index in [1.807, 2.05) is 0 Å². The minimum Gasteiger partial charge on any atom is -0.704 e. The maximum absolute atomic E-state index is 12.2. The molecular formula is C14H26N2O2. The van der Waals surface area contributed by atoms with Crippen molar-refractivity contribution in [2.75, 3.05) is 0 Å². The van der Waals surface area contributed by atoms with Gasteiger partial charge in [0.05, 0.1) is 10.9 Å². The summed E-state index contributed by atoms with van der Waals surface area (Å²) in [5.74, 6) is 1.16. The van der Waals surface area contributed by atoms with Crippen LogP contribution < -0.4 is 0 Å². The minimum absolute atomic E-state index is 0.0801. The molecule has 4 atom stereocenters. The smallest absolute Gasteiger partial charge is 0.234 e. The Morgan fingerprint density at radius 1 is 1.00 bits per heavy atom. The van der Waals surface area contributed by atoms with Gasteiger partial charge < -0.3 is 5.21 Å². The molecule has 104 valence electrons. The van der Waals surface area contributed by atoms with Crippen molar-refractivity contribution >= 4 is 0 Å². The molecule has 0 saturated heterocycles. The molecule has 4 heteroatoms. The van der Waals surface area contributed by atoms with Gasteiger partial charge in [0.2, 0.25) is 6.04 Å². The minimum atomic E-state index is -0.0801. The monoisotopic (exact) mass is 254 g/mol. The summed E-state index contributed by atoms with van der Waals surface area (Å²) in [6.45, 7) is 4.36. The molecule has 0 N–H and O–H groups in total. The Morgan fingerprint density at radius 2 is 1.61 bits per heavy atom. The zero-order chi connectivity index (χ0) is 13.1. The second-order valence-corrected chi connectivity index (χ2v) is 6.46. The number of hydrogen-bond donors (Lipinski definition) is 0. The molecule has 4 unspecified atom stereocenters. The molecule has 0 aromatic carbocycles.